The first-order valence-electron chi connectivity index (χ1n) is 6.63. The van der Waals surface area contributed by atoms with Crippen molar-refractivity contribution in [2.45, 2.75) is 4.90 Å². The second kappa shape index (κ2) is 5.43. The van der Waals surface area contributed by atoms with Crippen molar-refractivity contribution in [3.8, 4) is 5.75 Å². The van der Waals surface area contributed by atoms with Gasteiger partial charge in [-0.1, -0.05) is 23.7 Å². The Labute approximate surface area is 138 Å². The van der Waals surface area contributed by atoms with Gasteiger partial charge < -0.3 is 4.74 Å². The maximum absolute atomic E-state index is 12.9. The topological polar surface area (TPSA) is 66.9 Å². The lowest BCUT2D eigenvalue weighted by atomic mass is 10.2. The number of ether oxygens (including phenoxy) is 1. The fourth-order valence-electron chi connectivity index (χ4n) is 2.39. The van der Waals surface area contributed by atoms with Crippen LogP contribution < -0.4 is 13.9 Å². The molecule has 0 saturated carbocycles. The highest BCUT2D eigenvalue weighted by molar-refractivity contribution is 7.94. The van der Waals surface area contributed by atoms with Crippen molar-refractivity contribution in [1.82, 2.24) is 0 Å². The van der Waals surface area contributed by atoms with Gasteiger partial charge in [-0.25, -0.2) is 13.2 Å². The zero-order valence-corrected chi connectivity index (χ0v) is 13.9. The quantitative estimate of drug-likeness (QED) is 0.832. The number of carbonyl (C=O) groups excluding carboxylic acids is 1. The number of benzene rings is 2. The Morgan fingerprint density at radius 2 is 1.78 bits per heavy atom. The third-order valence-corrected chi connectivity index (χ3v) is 5.63. The predicted molar refractivity (Wildman–Crippen MR) is 87.9 cm³/mol. The molecule has 23 heavy (non-hydrogen) atoms. The molecule has 1 heterocycles. The molecule has 3 rings (SSSR count). The second-order valence-electron chi connectivity index (χ2n) is 4.90. The fraction of sp³-hybridized carbons (Fsp3) is 0.133. The number of amides is 2. The zero-order chi connectivity index (χ0) is 16.8. The molecule has 120 valence electrons. The van der Waals surface area contributed by atoms with Gasteiger partial charge in [0.25, 0.3) is 10.0 Å². The number of nitrogens with zero attached hydrogens (tertiary/aromatic N) is 2. The fourth-order valence-corrected chi connectivity index (χ4v) is 4.31. The lowest BCUT2D eigenvalue weighted by Gasteiger charge is -2.34. The van der Waals surface area contributed by atoms with Crippen LogP contribution in [0.1, 0.15) is 0 Å². The van der Waals surface area contributed by atoms with E-state index in [0.29, 0.717) is 10.1 Å². The van der Waals surface area contributed by atoms with E-state index < -0.39 is 16.1 Å². The highest BCUT2D eigenvalue weighted by atomic mass is 35.5. The summed E-state index contributed by atoms with van der Waals surface area (Å²) in [5.74, 6) is 0.463. The number of sulfonamides is 1. The minimum Gasteiger partial charge on any atom is -0.497 e. The molecule has 0 N–H and O–H groups in total. The van der Waals surface area contributed by atoms with Crippen molar-refractivity contribution in [3.63, 3.8) is 0 Å². The molecule has 8 heteroatoms. The zero-order valence-electron chi connectivity index (χ0n) is 12.4. The lowest BCUT2D eigenvalue weighted by molar-refractivity contribution is 0.255. The monoisotopic (exact) mass is 352 g/mol. The van der Waals surface area contributed by atoms with Gasteiger partial charge in [0.05, 0.1) is 23.5 Å². The van der Waals surface area contributed by atoms with E-state index in [-0.39, 0.29) is 21.3 Å². The predicted octanol–water partition coefficient (Wildman–Crippen LogP) is 3.11. The van der Waals surface area contributed by atoms with Crippen molar-refractivity contribution in [1.29, 1.82) is 0 Å². The van der Waals surface area contributed by atoms with E-state index in [1.165, 1.54) is 49.4 Å². The molecule has 0 saturated heterocycles. The van der Waals surface area contributed by atoms with Crippen LogP contribution in [0.15, 0.2) is 47.4 Å². The van der Waals surface area contributed by atoms with Crippen molar-refractivity contribution >= 4 is 39.0 Å². The molecule has 0 unspecified atom stereocenters. The van der Waals surface area contributed by atoms with E-state index in [1.807, 2.05) is 0 Å². The molecule has 2 aromatic rings. The first-order valence-corrected chi connectivity index (χ1v) is 8.45. The minimum absolute atomic E-state index is 0.0142. The van der Waals surface area contributed by atoms with E-state index in [9.17, 15) is 13.2 Å². The van der Waals surface area contributed by atoms with Crippen LogP contribution in [0.25, 0.3) is 0 Å². The second-order valence-corrected chi connectivity index (χ2v) is 7.06. The molecule has 0 spiro atoms. The number of halogens is 1. The van der Waals surface area contributed by atoms with Crippen molar-refractivity contribution in [2.75, 3.05) is 23.4 Å². The number of fused-ring (bicyclic) bond motifs is 1. The number of hydrogen-bond donors (Lipinski definition) is 0. The molecule has 2 amide bonds. The number of hydrogen-bond acceptors (Lipinski definition) is 4. The minimum atomic E-state index is -4.06. The van der Waals surface area contributed by atoms with E-state index in [2.05, 4.69) is 0 Å². The summed E-state index contributed by atoms with van der Waals surface area (Å²) in [6.45, 7) is 0. The van der Waals surface area contributed by atoms with E-state index >= 15 is 0 Å². The number of methoxy groups -OCH3 is 1. The summed E-state index contributed by atoms with van der Waals surface area (Å²) in [6.07, 6.45) is 0. The van der Waals surface area contributed by atoms with Crippen LogP contribution in [0.4, 0.5) is 16.2 Å². The largest absolute Gasteiger partial charge is 0.497 e. The Morgan fingerprint density at radius 1 is 1.09 bits per heavy atom. The average molecular weight is 353 g/mol. The summed E-state index contributed by atoms with van der Waals surface area (Å²) < 4.78 is 31.6. The van der Waals surface area contributed by atoms with Crippen LogP contribution in [-0.2, 0) is 10.0 Å². The van der Waals surface area contributed by atoms with Gasteiger partial charge in [-0.15, -0.1) is 0 Å². The SMILES string of the molecule is COc1ccc2c(c1)N(C)C(=O)N(c1ccccc1Cl)S2(=O)=O. The summed E-state index contributed by atoms with van der Waals surface area (Å²) in [5.41, 5.74) is 0.380. The molecule has 1 aliphatic heterocycles. The van der Waals surface area contributed by atoms with Gasteiger partial charge in [0.15, 0.2) is 0 Å². The summed E-state index contributed by atoms with van der Waals surface area (Å²) in [7, 11) is -1.10. The van der Waals surface area contributed by atoms with Gasteiger partial charge >= 0.3 is 6.03 Å². The van der Waals surface area contributed by atoms with Crippen LogP contribution in [0.5, 0.6) is 5.75 Å². The molecule has 6 nitrogen and oxygen atoms in total. The Bertz CT molecular complexity index is 898. The molecule has 0 radical (unpaired) electrons. The summed E-state index contributed by atoms with van der Waals surface area (Å²) in [6, 6.07) is 10.0. The molecule has 0 aromatic heterocycles. The normalized spacial score (nSPS) is 16.2. The number of carbonyl (C=O) groups is 1. The van der Waals surface area contributed by atoms with Gasteiger partial charge in [0, 0.05) is 13.1 Å². The van der Waals surface area contributed by atoms with E-state index in [4.69, 9.17) is 16.3 Å². The van der Waals surface area contributed by atoms with Crippen LogP contribution in [0, 0.1) is 0 Å². The van der Waals surface area contributed by atoms with E-state index in [1.54, 1.807) is 12.1 Å². The third kappa shape index (κ3) is 2.32. The van der Waals surface area contributed by atoms with Gasteiger partial charge in [-0.05, 0) is 24.3 Å². The molecule has 0 bridgehead atoms. The molecule has 0 aliphatic carbocycles. The maximum Gasteiger partial charge on any atom is 0.343 e. The molecule has 2 aromatic carbocycles. The Hall–Kier alpha value is -2.25. The molecule has 1 aliphatic rings. The standard InChI is InChI=1S/C15H13ClN2O4S/c1-17-13-9-10(22-2)7-8-14(13)23(20,21)18(15(17)19)12-6-4-3-5-11(12)16/h3-9H,1-2H3. The Kier molecular flexibility index (Phi) is 3.69. The van der Waals surface area contributed by atoms with Crippen molar-refractivity contribution < 1.29 is 17.9 Å². The maximum atomic E-state index is 12.9. The number of anilines is 2. The van der Waals surface area contributed by atoms with Gasteiger partial charge in [-0.2, -0.15) is 4.31 Å². The van der Waals surface area contributed by atoms with Gasteiger partial charge in [0.2, 0.25) is 0 Å². The highest BCUT2D eigenvalue weighted by Crippen LogP contribution is 2.40. The van der Waals surface area contributed by atoms with Crippen molar-refractivity contribution in [3.05, 3.63) is 47.5 Å². The first kappa shape index (κ1) is 15.6. The summed E-state index contributed by atoms with van der Waals surface area (Å²) in [4.78, 5) is 13.9. The number of para-hydroxylation sites is 1. The molecular weight excluding hydrogens is 340 g/mol. The van der Waals surface area contributed by atoms with Crippen molar-refractivity contribution in [2.24, 2.45) is 0 Å². The summed E-state index contributed by atoms with van der Waals surface area (Å²) >= 11 is 6.08. The van der Waals surface area contributed by atoms with Gasteiger partial charge in [-0.3, -0.25) is 4.90 Å². The number of rotatable bonds is 2. The molecular formula is C15H13ClN2O4S. The lowest BCUT2D eigenvalue weighted by Crippen LogP contribution is -2.49. The smallest absolute Gasteiger partial charge is 0.343 e. The Morgan fingerprint density at radius 3 is 2.43 bits per heavy atom. The average Bonchev–Trinajstić information content (AvgIpc) is 2.54. The molecule has 0 atom stereocenters. The van der Waals surface area contributed by atoms with Crippen LogP contribution in [0.3, 0.4) is 0 Å². The van der Waals surface area contributed by atoms with Crippen LogP contribution >= 0.6 is 11.6 Å². The molecule has 0 fully saturated rings. The first-order chi connectivity index (χ1) is 10.9. The number of urea groups is 1. The van der Waals surface area contributed by atoms with Crippen LogP contribution in [0.2, 0.25) is 5.02 Å². The van der Waals surface area contributed by atoms with Gasteiger partial charge in [0.1, 0.15) is 10.6 Å². The third-order valence-electron chi connectivity index (χ3n) is 3.58. The highest BCUT2D eigenvalue weighted by Gasteiger charge is 2.42. The Balaban J connectivity index is 2.26. The summed E-state index contributed by atoms with van der Waals surface area (Å²) in [5, 5.41) is 0.176. The van der Waals surface area contributed by atoms with E-state index in [0.717, 1.165) is 0 Å². The van der Waals surface area contributed by atoms with Crippen LogP contribution in [-0.4, -0.2) is 28.6 Å².